The minimum atomic E-state index is -0.0184. The van der Waals surface area contributed by atoms with Crippen molar-refractivity contribution in [2.75, 3.05) is 0 Å². The topological polar surface area (TPSA) is 41.5 Å². The Morgan fingerprint density at radius 2 is 1.76 bits per heavy atom. The van der Waals surface area contributed by atoms with E-state index >= 15 is 0 Å². The molecule has 1 aliphatic rings. The molecule has 130 valence electrons. The molecule has 1 aliphatic carbocycles. The fraction of sp³-hybridized carbons (Fsp3) is 0.333. The van der Waals surface area contributed by atoms with E-state index in [0.717, 1.165) is 12.0 Å². The van der Waals surface area contributed by atoms with Gasteiger partial charge in [-0.3, -0.25) is 4.79 Å². The molecule has 0 radical (unpaired) electrons. The number of carbonyl (C=O) groups excluding carboxylic acids is 1. The number of amides is 1. The molecule has 0 heterocycles. The van der Waals surface area contributed by atoms with Gasteiger partial charge in [0.25, 0.3) is 0 Å². The second kappa shape index (κ2) is 7.01. The lowest BCUT2D eigenvalue weighted by Gasteiger charge is -2.19. The van der Waals surface area contributed by atoms with Crippen molar-refractivity contribution >= 4 is 23.7 Å². The van der Waals surface area contributed by atoms with Crippen molar-refractivity contribution in [3.05, 3.63) is 70.2 Å². The lowest BCUT2D eigenvalue weighted by atomic mass is 9.86. The minimum absolute atomic E-state index is 0.0165. The van der Waals surface area contributed by atoms with Crippen molar-refractivity contribution in [3.8, 4) is 0 Å². The molecule has 1 saturated carbocycles. The molecule has 2 aromatic carbocycles. The van der Waals surface area contributed by atoms with E-state index in [1.807, 2.05) is 12.1 Å². The average molecular weight is 355 g/mol. The maximum Gasteiger partial charge on any atom is 0.243 e. The van der Waals surface area contributed by atoms with Crippen molar-refractivity contribution in [1.29, 1.82) is 0 Å². The van der Waals surface area contributed by atoms with Gasteiger partial charge in [-0.25, -0.2) is 5.43 Å². The lowest BCUT2D eigenvalue weighted by molar-refractivity contribution is -0.122. The van der Waals surface area contributed by atoms with E-state index in [9.17, 15) is 4.79 Å². The Labute approximate surface area is 154 Å². The van der Waals surface area contributed by atoms with Gasteiger partial charge >= 0.3 is 0 Å². The Morgan fingerprint density at radius 3 is 2.36 bits per heavy atom. The number of rotatable bonds is 4. The van der Waals surface area contributed by atoms with Gasteiger partial charge < -0.3 is 0 Å². The van der Waals surface area contributed by atoms with Crippen LogP contribution >= 0.6 is 11.6 Å². The van der Waals surface area contributed by atoms with Crippen LogP contribution in [0.1, 0.15) is 49.8 Å². The molecule has 3 nitrogen and oxygen atoms in total. The number of benzene rings is 2. The Kier molecular flexibility index (Phi) is 4.96. The summed E-state index contributed by atoms with van der Waals surface area (Å²) in [6.45, 7) is 6.61. The first kappa shape index (κ1) is 17.7. The van der Waals surface area contributed by atoms with Crippen LogP contribution in [0.4, 0.5) is 0 Å². The highest BCUT2D eigenvalue weighted by Gasteiger charge is 2.43. The molecule has 1 amide bonds. The van der Waals surface area contributed by atoms with E-state index in [0.29, 0.717) is 10.9 Å². The molecule has 0 aliphatic heterocycles. The van der Waals surface area contributed by atoms with Crippen LogP contribution in [-0.2, 0) is 10.2 Å². The molecule has 0 bridgehead atoms. The van der Waals surface area contributed by atoms with Crippen LogP contribution in [0.2, 0.25) is 5.02 Å². The summed E-state index contributed by atoms with van der Waals surface area (Å²) in [7, 11) is 0. The monoisotopic (exact) mass is 354 g/mol. The summed E-state index contributed by atoms with van der Waals surface area (Å²) >= 11 is 5.84. The van der Waals surface area contributed by atoms with E-state index in [2.05, 4.69) is 55.6 Å². The second-order valence-electron chi connectivity index (χ2n) is 7.61. The summed E-state index contributed by atoms with van der Waals surface area (Å²) in [5.74, 6) is 0.303. The summed E-state index contributed by atoms with van der Waals surface area (Å²) < 4.78 is 0. The Morgan fingerprint density at radius 1 is 1.12 bits per heavy atom. The molecule has 0 aromatic heterocycles. The highest BCUT2D eigenvalue weighted by atomic mass is 35.5. The number of hydrogen-bond donors (Lipinski definition) is 1. The third-order valence-electron chi connectivity index (χ3n) is 4.59. The van der Waals surface area contributed by atoms with E-state index < -0.39 is 0 Å². The SMILES string of the molecule is CC(C)(C)c1ccc([C@@H]2C[C@H]2C(=O)N/N=C\c2ccc(Cl)cc2)cc1. The van der Waals surface area contributed by atoms with Crippen LogP contribution in [-0.4, -0.2) is 12.1 Å². The minimum Gasteiger partial charge on any atom is -0.273 e. The first-order valence-electron chi connectivity index (χ1n) is 8.53. The molecule has 0 saturated heterocycles. The van der Waals surface area contributed by atoms with Crippen LogP contribution in [0.3, 0.4) is 0 Å². The fourth-order valence-corrected chi connectivity index (χ4v) is 3.01. The third kappa shape index (κ3) is 4.49. The van der Waals surface area contributed by atoms with Gasteiger partial charge in [-0.2, -0.15) is 5.10 Å². The van der Waals surface area contributed by atoms with Crippen molar-refractivity contribution in [3.63, 3.8) is 0 Å². The maximum absolute atomic E-state index is 12.2. The third-order valence-corrected chi connectivity index (χ3v) is 4.84. The molecule has 4 heteroatoms. The number of nitrogens with zero attached hydrogens (tertiary/aromatic N) is 1. The predicted molar refractivity (Wildman–Crippen MR) is 103 cm³/mol. The van der Waals surface area contributed by atoms with Crippen molar-refractivity contribution in [2.45, 2.75) is 38.5 Å². The first-order valence-corrected chi connectivity index (χ1v) is 8.91. The van der Waals surface area contributed by atoms with Gasteiger partial charge in [-0.1, -0.05) is 68.8 Å². The zero-order chi connectivity index (χ0) is 18.0. The van der Waals surface area contributed by atoms with Crippen LogP contribution in [0, 0.1) is 5.92 Å². The van der Waals surface area contributed by atoms with Gasteiger partial charge in [0.05, 0.1) is 6.21 Å². The molecular formula is C21H23ClN2O. The predicted octanol–water partition coefficient (Wildman–Crippen LogP) is 4.89. The molecule has 2 atom stereocenters. The molecule has 0 unspecified atom stereocenters. The van der Waals surface area contributed by atoms with Crippen LogP contribution in [0.25, 0.3) is 0 Å². The Hall–Kier alpha value is -2.13. The lowest BCUT2D eigenvalue weighted by Crippen LogP contribution is -2.20. The average Bonchev–Trinajstić information content (AvgIpc) is 3.37. The van der Waals surface area contributed by atoms with Gasteiger partial charge in [-0.15, -0.1) is 0 Å². The van der Waals surface area contributed by atoms with Crippen molar-refractivity contribution in [2.24, 2.45) is 11.0 Å². The summed E-state index contributed by atoms with van der Waals surface area (Å²) in [4.78, 5) is 12.2. The zero-order valence-corrected chi connectivity index (χ0v) is 15.5. The molecule has 1 fully saturated rings. The normalized spacial score (nSPS) is 19.8. The first-order chi connectivity index (χ1) is 11.8. The highest BCUT2D eigenvalue weighted by Crippen LogP contribution is 2.47. The maximum atomic E-state index is 12.2. The van der Waals surface area contributed by atoms with E-state index in [4.69, 9.17) is 11.6 Å². The van der Waals surface area contributed by atoms with Crippen LogP contribution < -0.4 is 5.43 Å². The van der Waals surface area contributed by atoms with Crippen molar-refractivity contribution < 1.29 is 4.79 Å². The van der Waals surface area contributed by atoms with E-state index in [1.165, 1.54) is 11.1 Å². The molecule has 1 N–H and O–H groups in total. The summed E-state index contributed by atoms with van der Waals surface area (Å²) in [5.41, 5.74) is 6.23. The van der Waals surface area contributed by atoms with Crippen LogP contribution in [0.15, 0.2) is 53.6 Å². The van der Waals surface area contributed by atoms with Crippen molar-refractivity contribution in [1.82, 2.24) is 5.43 Å². The Bertz CT molecular complexity index is 773. The Balaban J connectivity index is 1.54. The number of halogens is 1. The molecule has 2 aromatic rings. The molecule has 25 heavy (non-hydrogen) atoms. The zero-order valence-electron chi connectivity index (χ0n) is 14.8. The number of hydrazone groups is 1. The molecule has 3 rings (SSSR count). The largest absolute Gasteiger partial charge is 0.273 e. The second-order valence-corrected chi connectivity index (χ2v) is 8.04. The number of carbonyl (C=O) groups is 1. The van der Waals surface area contributed by atoms with Gasteiger partial charge in [0, 0.05) is 10.9 Å². The van der Waals surface area contributed by atoms with E-state index in [-0.39, 0.29) is 17.2 Å². The highest BCUT2D eigenvalue weighted by molar-refractivity contribution is 6.30. The van der Waals surface area contributed by atoms with Gasteiger partial charge in [0.1, 0.15) is 0 Å². The van der Waals surface area contributed by atoms with E-state index in [1.54, 1.807) is 18.3 Å². The fourth-order valence-electron chi connectivity index (χ4n) is 2.89. The van der Waals surface area contributed by atoms with Crippen LogP contribution in [0.5, 0.6) is 0 Å². The summed E-state index contributed by atoms with van der Waals surface area (Å²) in [6.07, 6.45) is 2.51. The van der Waals surface area contributed by atoms with Gasteiger partial charge in [0.2, 0.25) is 5.91 Å². The van der Waals surface area contributed by atoms with Gasteiger partial charge in [0.15, 0.2) is 0 Å². The standard InChI is InChI=1S/C21H23ClN2O/c1-21(2,3)16-8-6-15(7-9-16)18-12-19(18)20(25)24-23-13-14-4-10-17(22)11-5-14/h4-11,13,18-19H,12H2,1-3H3,(H,24,25)/b23-13-/t18-,19+/m0/s1. The molecule has 0 spiro atoms. The van der Waals surface area contributed by atoms with Gasteiger partial charge in [-0.05, 0) is 46.6 Å². The molecular weight excluding hydrogens is 332 g/mol. The number of nitrogens with one attached hydrogen (secondary N) is 1. The smallest absolute Gasteiger partial charge is 0.243 e. The number of hydrogen-bond acceptors (Lipinski definition) is 2. The summed E-state index contributed by atoms with van der Waals surface area (Å²) in [6, 6.07) is 15.9. The quantitative estimate of drug-likeness (QED) is 0.616. The summed E-state index contributed by atoms with van der Waals surface area (Å²) in [5, 5.41) is 4.72.